The van der Waals surface area contributed by atoms with Gasteiger partial charge in [-0.05, 0) is 20.3 Å². The smallest absolute Gasteiger partial charge is 0.222 e. The van der Waals surface area contributed by atoms with E-state index < -0.39 is 5.79 Å². The molecule has 0 unspecified atom stereocenters. The molecule has 0 radical (unpaired) electrons. The Morgan fingerprint density at radius 1 is 1.29 bits per heavy atom. The molecule has 1 amide bonds. The highest BCUT2D eigenvalue weighted by Gasteiger charge is 2.49. The van der Waals surface area contributed by atoms with Gasteiger partial charge in [0, 0.05) is 24.8 Å². The predicted molar refractivity (Wildman–Crippen MR) is 68.0 cm³/mol. The molecule has 98 valence electrons. The van der Waals surface area contributed by atoms with Crippen molar-refractivity contribution in [3.8, 4) is 0 Å². The van der Waals surface area contributed by atoms with Crippen LogP contribution in [0.25, 0.3) is 0 Å². The van der Waals surface area contributed by atoms with Gasteiger partial charge in [0.25, 0.3) is 0 Å². The molecule has 0 saturated carbocycles. The van der Waals surface area contributed by atoms with Crippen molar-refractivity contribution in [2.24, 2.45) is 5.41 Å². The van der Waals surface area contributed by atoms with Gasteiger partial charge in [-0.2, -0.15) is 0 Å². The molecule has 0 bridgehead atoms. The van der Waals surface area contributed by atoms with Crippen LogP contribution < -0.4 is 0 Å². The molecular weight excluding hydrogens is 286 g/mol. The van der Waals surface area contributed by atoms with Crippen molar-refractivity contribution in [3.63, 3.8) is 0 Å². The van der Waals surface area contributed by atoms with E-state index in [1.165, 1.54) is 0 Å². The van der Waals surface area contributed by atoms with Crippen molar-refractivity contribution >= 4 is 21.8 Å². The Kier molecular flexibility index (Phi) is 3.80. The average Bonchev–Trinajstić information content (AvgIpc) is 2.23. The van der Waals surface area contributed by atoms with E-state index in [2.05, 4.69) is 15.9 Å². The van der Waals surface area contributed by atoms with E-state index in [1.54, 1.807) is 0 Å². The molecule has 0 aromatic heterocycles. The van der Waals surface area contributed by atoms with Gasteiger partial charge in [0.15, 0.2) is 5.79 Å². The standard InChI is InChI=1S/C12H20BrNO3/c1-11(2)16-8-12(9-17-11)6-14(7-12)10(15)4-3-5-13/h3-9H2,1-2H3. The van der Waals surface area contributed by atoms with Crippen LogP contribution in [0.1, 0.15) is 26.7 Å². The lowest BCUT2D eigenvalue weighted by Crippen LogP contribution is -2.65. The highest BCUT2D eigenvalue weighted by molar-refractivity contribution is 9.09. The third kappa shape index (κ3) is 3.01. The number of rotatable bonds is 3. The minimum Gasteiger partial charge on any atom is -0.350 e. The second-order valence-electron chi connectivity index (χ2n) is 5.52. The number of carbonyl (C=O) groups excluding carboxylic acids is 1. The van der Waals surface area contributed by atoms with Crippen LogP contribution in [0.3, 0.4) is 0 Å². The van der Waals surface area contributed by atoms with E-state index >= 15 is 0 Å². The lowest BCUT2D eigenvalue weighted by molar-refractivity contribution is -0.302. The molecular formula is C12H20BrNO3. The second kappa shape index (κ2) is 4.86. The van der Waals surface area contributed by atoms with Gasteiger partial charge in [0.05, 0.1) is 18.6 Å². The molecule has 17 heavy (non-hydrogen) atoms. The average molecular weight is 306 g/mol. The molecule has 0 atom stereocenters. The maximum atomic E-state index is 11.8. The summed E-state index contributed by atoms with van der Waals surface area (Å²) in [4.78, 5) is 13.7. The fraction of sp³-hybridized carbons (Fsp3) is 0.917. The Bertz CT molecular complexity index is 288. The number of halogens is 1. The molecule has 0 aromatic rings. The predicted octanol–water partition coefficient (Wildman–Crippen LogP) is 1.77. The summed E-state index contributed by atoms with van der Waals surface area (Å²) >= 11 is 3.34. The van der Waals surface area contributed by atoms with Gasteiger partial charge in [0.2, 0.25) is 5.91 Å². The van der Waals surface area contributed by atoms with Crippen molar-refractivity contribution in [2.45, 2.75) is 32.5 Å². The van der Waals surface area contributed by atoms with Crippen LogP contribution >= 0.6 is 15.9 Å². The van der Waals surface area contributed by atoms with Crippen LogP contribution in [-0.4, -0.2) is 48.2 Å². The fourth-order valence-electron chi connectivity index (χ4n) is 2.24. The lowest BCUT2D eigenvalue weighted by Gasteiger charge is -2.54. The van der Waals surface area contributed by atoms with E-state index in [9.17, 15) is 4.79 Å². The third-order valence-corrected chi connectivity index (χ3v) is 3.94. The SMILES string of the molecule is CC1(C)OCC2(CO1)CN(C(=O)CCCBr)C2. The lowest BCUT2D eigenvalue weighted by atomic mass is 9.80. The first kappa shape index (κ1) is 13.3. The summed E-state index contributed by atoms with van der Waals surface area (Å²) in [6.07, 6.45) is 1.54. The molecule has 2 heterocycles. The Labute approximate surface area is 111 Å². The van der Waals surface area contributed by atoms with Crippen LogP contribution in [-0.2, 0) is 14.3 Å². The van der Waals surface area contributed by atoms with Crippen molar-refractivity contribution in [3.05, 3.63) is 0 Å². The summed E-state index contributed by atoms with van der Waals surface area (Å²) < 4.78 is 11.3. The van der Waals surface area contributed by atoms with Gasteiger partial charge in [-0.1, -0.05) is 15.9 Å². The zero-order chi connectivity index (χ0) is 12.5. The number of amides is 1. The highest BCUT2D eigenvalue weighted by atomic mass is 79.9. The number of nitrogens with zero attached hydrogens (tertiary/aromatic N) is 1. The number of carbonyl (C=O) groups is 1. The van der Waals surface area contributed by atoms with Gasteiger partial charge in [0.1, 0.15) is 0 Å². The summed E-state index contributed by atoms with van der Waals surface area (Å²) in [5.74, 6) is -0.217. The summed E-state index contributed by atoms with van der Waals surface area (Å²) in [5, 5.41) is 0.887. The summed E-state index contributed by atoms with van der Waals surface area (Å²) in [7, 11) is 0. The first-order chi connectivity index (χ1) is 7.96. The highest BCUT2D eigenvalue weighted by Crippen LogP contribution is 2.37. The second-order valence-corrected chi connectivity index (χ2v) is 6.31. The van der Waals surface area contributed by atoms with Crippen LogP contribution in [0.4, 0.5) is 0 Å². The van der Waals surface area contributed by atoms with Crippen molar-refractivity contribution in [2.75, 3.05) is 31.6 Å². The Hall–Kier alpha value is -0.130. The largest absolute Gasteiger partial charge is 0.350 e. The van der Waals surface area contributed by atoms with Gasteiger partial charge in [-0.15, -0.1) is 0 Å². The summed E-state index contributed by atoms with van der Waals surface area (Å²) in [6.45, 7) is 6.81. The van der Waals surface area contributed by atoms with Crippen molar-refractivity contribution in [1.82, 2.24) is 4.90 Å². The molecule has 2 fully saturated rings. The minimum atomic E-state index is -0.467. The van der Waals surface area contributed by atoms with Crippen LogP contribution in [0.5, 0.6) is 0 Å². The van der Waals surface area contributed by atoms with E-state index in [0.717, 1.165) is 24.8 Å². The van der Waals surface area contributed by atoms with Crippen LogP contribution in [0.2, 0.25) is 0 Å². The van der Waals surface area contributed by atoms with Gasteiger partial charge < -0.3 is 14.4 Å². The summed E-state index contributed by atoms with van der Waals surface area (Å²) in [5.41, 5.74) is 0.0551. The van der Waals surface area contributed by atoms with Crippen molar-refractivity contribution < 1.29 is 14.3 Å². The molecule has 1 spiro atoms. The Balaban J connectivity index is 1.77. The molecule has 4 nitrogen and oxygen atoms in total. The first-order valence-electron chi connectivity index (χ1n) is 6.08. The van der Waals surface area contributed by atoms with Crippen LogP contribution in [0, 0.1) is 5.41 Å². The number of hydrogen-bond donors (Lipinski definition) is 0. The normalized spacial score (nSPS) is 25.7. The first-order valence-corrected chi connectivity index (χ1v) is 7.20. The molecule has 2 rings (SSSR count). The van der Waals surface area contributed by atoms with E-state index in [0.29, 0.717) is 19.6 Å². The monoisotopic (exact) mass is 305 g/mol. The molecule has 0 aliphatic carbocycles. The molecule has 0 N–H and O–H groups in total. The van der Waals surface area contributed by atoms with E-state index in [4.69, 9.17) is 9.47 Å². The number of hydrogen-bond acceptors (Lipinski definition) is 3. The molecule has 5 heteroatoms. The quantitative estimate of drug-likeness (QED) is 0.746. The molecule has 0 aromatic carbocycles. The van der Waals surface area contributed by atoms with Crippen molar-refractivity contribution in [1.29, 1.82) is 0 Å². The van der Waals surface area contributed by atoms with Gasteiger partial charge in [-0.25, -0.2) is 0 Å². The maximum Gasteiger partial charge on any atom is 0.222 e. The maximum absolute atomic E-state index is 11.8. The molecule has 2 aliphatic heterocycles. The van der Waals surface area contributed by atoms with Crippen LogP contribution in [0.15, 0.2) is 0 Å². The third-order valence-electron chi connectivity index (χ3n) is 3.38. The number of alkyl halides is 1. The Morgan fingerprint density at radius 3 is 2.41 bits per heavy atom. The molecule has 2 aliphatic rings. The Morgan fingerprint density at radius 2 is 1.88 bits per heavy atom. The topological polar surface area (TPSA) is 38.8 Å². The molecule has 2 saturated heterocycles. The van der Waals surface area contributed by atoms with E-state index in [1.807, 2.05) is 18.7 Å². The number of ether oxygens (including phenoxy) is 2. The summed E-state index contributed by atoms with van der Waals surface area (Å²) in [6, 6.07) is 0. The zero-order valence-corrected chi connectivity index (χ0v) is 12.1. The fourth-order valence-corrected chi connectivity index (χ4v) is 2.52. The van der Waals surface area contributed by atoms with Gasteiger partial charge >= 0.3 is 0 Å². The van der Waals surface area contributed by atoms with E-state index in [-0.39, 0.29) is 11.3 Å². The van der Waals surface area contributed by atoms with Gasteiger partial charge in [-0.3, -0.25) is 4.79 Å². The number of likely N-dealkylation sites (tertiary alicyclic amines) is 1. The zero-order valence-electron chi connectivity index (χ0n) is 10.5. The minimum absolute atomic E-state index is 0.0551.